The molecule has 2 atom stereocenters. The van der Waals surface area contributed by atoms with E-state index in [9.17, 15) is 13.6 Å². The molecule has 1 amide bonds. The molecule has 10 heteroatoms. The lowest BCUT2D eigenvalue weighted by Crippen LogP contribution is -2.14. The van der Waals surface area contributed by atoms with Gasteiger partial charge in [0.05, 0.1) is 29.0 Å². The van der Waals surface area contributed by atoms with Gasteiger partial charge in [-0.05, 0) is 18.6 Å². The lowest BCUT2D eigenvalue weighted by Gasteiger charge is -2.07. The lowest BCUT2D eigenvalue weighted by atomic mass is 10.0. The summed E-state index contributed by atoms with van der Waals surface area (Å²) in [6.45, 7) is 0. The van der Waals surface area contributed by atoms with Gasteiger partial charge in [0.15, 0.2) is 5.13 Å². The largest absolute Gasteiger partial charge is 0.396 e. The number of carbonyl (C=O) groups excluding carboxylic acids is 1. The van der Waals surface area contributed by atoms with E-state index < -0.39 is 17.9 Å². The number of aromatic amines is 1. The second-order valence-electron chi connectivity index (χ2n) is 6.37. The molecule has 136 valence electrons. The minimum atomic E-state index is -1.07. The molecule has 1 aliphatic carbocycles. The predicted molar refractivity (Wildman–Crippen MR) is 98.5 cm³/mol. The first-order chi connectivity index (χ1) is 13.0. The van der Waals surface area contributed by atoms with Gasteiger partial charge in [0.1, 0.15) is 22.3 Å². The summed E-state index contributed by atoms with van der Waals surface area (Å²) in [4.78, 5) is 21.2. The fourth-order valence-corrected chi connectivity index (χ4v) is 3.83. The quantitative estimate of drug-likeness (QED) is 0.468. The monoisotopic (exact) mass is 386 g/mol. The number of benzene rings is 1. The molecule has 1 aliphatic rings. The maximum Gasteiger partial charge on any atom is 0.232 e. The number of H-pyrrole nitrogens is 1. The highest BCUT2D eigenvalue weighted by atomic mass is 32.1. The van der Waals surface area contributed by atoms with Crippen LogP contribution in [0.15, 0.2) is 24.4 Å². The van der Waals surface area contributed by atoms with E-state index in [2.05, 4.69) is 25.5 Å². The maximum atomic E-state index is 14.2. The molecule has 0 spiro atoms. The number of alkyl halides is 1. The van der Waals surface area contributed by atoms with Crippen molar-refractivity contribution >= 4 is 49.3 Å². The van der Waals surface area contributed by atoms with E-state index in [0.717, 1.165) is 11.3 Å². The highest BCUT2D eigenvalue weighted by Crippen LogP contribution is 2.37. The first-order valence-corrected chi connectivity index (χ1v) is 8.97. The third-order valence-corrected chi connectivity index (χ3v) is 5.41. The highest BCUT2D eigenvalue weighted by molar-refractivity contribution is 7.22. The summed E-state index contributed by atoms with van der Waals surface area (Å²) < 4.78 is 27.2. The Morgan fingerprint density at radius 2 is 2.19 bits per heavy atom. The number of carbonyl (C=O) groups is 1. The van der Waals surface area contributed by atoms with Gasteiger partial charge in [0.25, 0.3) is 0 Å². The Bertz CT molecular complexity index is 1220. The summed E-state index contributed by atoms with van der Waals surface area (Å²) in [5, 5.41) is 10.3. The van der Waals surface area contributed by atoms with Crippen molar-refractivity contribution < 1.29 is 13.6 Å². The number of amides is 1. The second-order valence-corrected chi connectivity index (χ2v) is 7.34. The number of fused-ring (bicyclic) bond motifs is 2. The molecule has 7 nitrogen and oxygen atoms in total. The van der Waals surface area contributed by atoms with Crippen LogP contribution in [0.2, 0.25) is 0 Å². The molecule has 1 saturated carbocycles. The molecule has 27 heavy (non-hydrogen) atoms. The van der Waals surface area contributed by atoms with Crippen molar-refractivity contribution in [2.24, 2.45) is 5.92 Å². The zero-order valence-electron chi connectivity index (χ0n) is 13.7. The Labute approximate surface area is 154 Å². The number of halogens is 2. The Balaban J connectivity index is 1.56. The third-order valence-electron chi connectivity index (χ3n) is 4.53. The molecule has 1 fully saturated rings. The molecule has 0 bridgehead atoms. The minimum absolute atomic E-state index is 0.0171. The van der Waals surface area contributed by atoms with Crippen molar-refractivity contribution in [3.05, 3.63) is 30.2 Å². The fraction of sp³-hybridized carbons (Fsp3) is 0.176. The number of nitrogens with one attached hydrogen (secondary N) is 2. The number of anilines is 2. The zero-order valence-corrected chi connectivity index (χ0v) is 14.5. The number of hydrogen-bond acceptors (Lipinski definition) is 6. The number of nitrogens with two attached hydrogens (primary N) is 1. The van der Waals surface area contributed by atoms with Crippen molar-refractivity contribution in [3.63, 3.8) is 0 Å². The van der Waals surface area contributed by atoms with Crippen LogP contribution in [-0.2, 0) is 4.79 Å². The molecule has 5 rings (SSSR count). The zero-order chi connectivity index (χ0) is 18.7. The van der Waals surface area contributed by atoms with Crippen molar-refractivity contribution in [2.45, 2.75) is 12.6 Å². The molecular weight excluding hydrogens is 374 g/mol. The molecule has 3 heterocycles. The number of nitrogens with zero attached hydrogens (tertiary/aromatic N) is 3. The number of thiazole rings is 1. The number of pyridine rings is 1. The van der Waals surface area contributed by atoms with Gasteiger partial charge in [0.2, 0.25) is 5.91 Å². The fourth-order valence-electron chi connectivity index (χ4n) is 2.99. The van der Waals surface area contributed by atoms with Crippen LogP contribution in [0.3, 0.4) is 0 Å². The summed E-state index contributed by atoms with van der Waals surface area (Å²) >= 11 is 1.16. The average molecular weight is 386 g/mol. The maximum absolute atomic E-state index is 14.2. The molecule has 0 aliphatic heterocycles. The summed E-state index contributed by atoms with van der Waals surface area (Å²) in [5.41, 5.74) is 7.93. The molecule has 0 saturated heterocycles. The molecule has 4 N–H and O–H groups in total. The van der Waals surface area contributed by atoms with Gasteiger partial charge >= 0.3 is 0 Å². The van der Waals surface area contributed by atoms with Crippen LogP contribution in [0.1, 0.15) is 6.42 Å². The van der Waals surface area contributed by atoms with Crippen LogP contribution in [0.4, 0.5) is 19.6 Å². The van der Waals surface area contributed by atoms with Crippen molar-refractivity contribution in [1.29, 1.82) is 0 Å². The van der Waals surface area contributed by atoms with E-state index in [1.54, 1.807) is 18.3 Å². The predicted octanol–water partition coefficient (Wildman–Crippen LogP) is 3.25. The molecule has 0 radical (unpaired) electrons. The van der Waals surface area contributed by atoms with Gasteiger partial charge < -0.3 is 11.1 Å². The number of hydrogen-bond donors (Lipinski definition) is 3. The molecular formula is C17H12F2N6OS. The highest BCUT2D eigenvalue weighted by Gasteiger charge is 2.43. The van der Waals surface area contributed by atoms with Gasteiger partial charge in [0, 0.05) is 17.0 Å². The van der Waals surface area contributed by atoms with Crippen LogP contribution in [-0.4, -0.2) is 32.2 Å². The van der Waals surface area contributed by atoms with Gasteiger partial charge in [-0.1, -0.05) is 11.3 Å². The van der Waals surface area contributed by atoms with Gasteiger partial charge in [-0.3, -0.25) is 9.89 Å². The average Bonchev–Trinajstić information content (AvgIpc) is 3.02. The van der Waals surface area contributed by atoms with Crippen LogP contribution >= 0.6 is 11.3 Å². The van der Waals surface area contributed by atoms with Gasteiger partial charge in [-0.2, -0.15) is 5.10 Å². The Kier molecular flexibility index (Phi) is 3.38. The van der Waals surface area contributed by atoms with E-state index in [4.69, 9.17) is 5.73 Å². The van der Waals surface area contributed by atoms with Crippen LogP contribution < -0.4 is 11.1 Å². The number of aromatic nitrogens is 4. The lowest BCUT2D eigenvalue weighted by molar-refractivity contribution is -0.117. The minimum Gasteiger partial charge on any atom is -0.396 e. The first kappa shape index (κ1) is 16.1. The molecule has 0 unspecified atom stereocenters. The summed E-state index contributed by atoms with van der Waals surface area (Å²) in [6, 6.07) is 4.69. The van der Waals surface area contributed by atoms with E-state index in [1.807, 2.05) is 0 Å². The van der Waals surface area contributed by atoms with Gasteiger partial charge in [-0.15, -0.1) is 0 Å². The van der Waals surface area contributed by atoms with E-state index in [-0.39, 0.29) is 18.0 Å². The van der Waals surface area contributed by atoms with E-state index >= 15 is 0 Å². The normalized spacial score (nSPS) is 18.9. The number of rotatable bonds is 3. The smallest absolute Gasteiger partial charge is 0.232 e. The van der Waals surface area contributed by atoms with E-state index in [1.165, 1.54) is 6.07 Å². The van der Waals surface area contributed by atoms with Crippen LogP contribution in [0, 0.1) is 11.7 Å². The molecule has 1 aromatic carbocycles. The Hall–Kier alpha value is -3.14. The Morgan fingerprint density at radius 1 is 1.37 bits per heavy atom. The van der Waals surface area contributed by atoms with Crippen LogP contribution in [0.25, 0.3) is 32.5 Å². The second kappa shape index (κ2) is 5.68. The topological polar surface area (TPSA) is 110 Å². The van der Waals surface area contributed by atoms with Crippen molar-refractivity contribution in [2.75, 3.05) is 11.1 Å². The van der Waals surface area contributed by atoms with Crippen molar-refractivity contribution in [3.8, 4) is 11.3 Å². The van der Waals surface area contributed by atoms with Crippen molar-refractivity contribution in [1.82, 2.24) is 20.2 Å². The number of nitrogen functional groups attached to an aromatic ring is 1. The third kappa shape index (κ3) is 2.60. The van der Waals surface area contributed by atoms with Gasteiger partial charge in [-0.25, -0.2) is 18.7 Å². The SMILES string of the molecule is Nc1c(F)cc2[nH]ncc2c1-c1ccc2nc(NC(=O)[C@@H]3C[C@@H]3F)sc2n1. The summed E-state index contributed by atoms with van der Waals surface area (Å²) in [7, 11) is 0. The first-order valence-electron chi connectivity index (χ1n) is 8.15. The summed E-state index contributed by atoms with van der Waals surface area (Å²) in [5.74, 6) is -1.54. The molecule has 3 aromatic heterocycles. The molecule has 4 aromatic rings. The Morgan fingerprint density at radius 3 is 2.96 bits per heavy atom. The summed E-state index contributed by atoms with van der Waals surface area (Å²) in [6.07, 6.45) is 0.740. The van der Waals surface area contributed by atoms with E-state index in [0.29, 0.717) is 37.6 Å². The standard InChI is InChI=1S/C17H12F2N6OS/c18-8-3-6(8)15(26)24-17-23-11-2-1-10(22-16(11)27-17)13-7-5-21-25-12(7)4-9(19)14(13)20/h1-2,4-6,8H,3,20H2,(H,21,25)(H,23,24,26)/t6-,8+/m1/s1. The van der Waals surface area contributed by atoms with Crippen LogP contribution in [0.5, 0.6) is 0 Å².